The Morgan fingerprint density at radius 3 is 2.87 bits per heavy atom. The van der Waals surface area contributed by atoms with Crippen LogP contribution in [0.1, 0.15) is 10.6 Å². The van der Waals surface area contributed by atoms with Gasteiger partial charge in [0.1, 0.15) is 11.5 Å². The average Bonchev–Trinajstić information content (AvgIpc) is 3.23. The van der Waals surface area contributed by atoms with Crippen molar-refractivity contribution in [3.05, 3.63) is 70.3 Å². The zero-order chi connectivity index (χ0) is 16.1. The standard InChI is InChI=1S/C17H13FN2O2S/c18-13-5-3-12(4-6-13)16-10-14(20-22-16)11-19-17(21)8-7-15-2-1-9-23-15/h1-10H,11H2,(H,19,21)/b8-7+. The number of halogens is 1. The molecule has 0 radical (unpaired) electrons. The average molecular weight is 328 g/mol. The molecule has 0 atom stereocenters. The first-order valence-electron chi connectivity index (χ1n) is 6.92. The molecule has 3 rings (SSSR count). The second kappa shape index (κ2) is 7.02. The molecule has 6 heteroatoms. The third-order valence-electron chi connectivity index (χ3n) is 3.07. The van der Waals surface area contributed by atoms with Gasteiger partial charge in [0.2, 0.25) is 5.91 Å². The normalized spacial score (nSPS) is 11.0. The summed E-state index contributed by atoms with van der Waals surface area (Å²) >= 11 is 1.56. The largest absolute Gasteiger partial charge is 0.356 e. The Hall–Kier alpha value is -2.73. The van der Waals surface area contributed by atoms with Crippen LogP contribution in [0.5, 0.6) is 0 Å². The molecule has 23 heavy (non-hydrogen) atoms. The molecule has 2 aromatic heterocycles. The van der Waals surface area contributed by atoms with E-state index in [0.717, 1.165) is 10.4 Å². The highest BCUT2D eigenvalue weighted by Crippen LogP contribution is 2.20. The van der Waals surface area contributed by atoms with E-state index in [-0.39, 0.29) is 18.3 Å². The van der Waals surface area contributed by atoms with Gasteiger partial charge >= 0.3 is 0 Å². The minimum absolute atomic E-state index is 0.204. The summed E-state index contributed by atoms with van der Waals surface area (Å²) in [5, 5.41) is 8.57. The number of aromatic nitrogens is 1. The smallest absolute Gasteiger partial charge is 0.244 e. The minimum Gasteiger partial charge on any atom is -0.356 e. The quantitative estimate of drug-likeness (QED) is 0.723. The predicted octanol–water partition coefficient (Wildman–Crippen LogP) is 3.87. The molecular formula is C17H13FN2O2S. The first-order valence-corrected chi connectivity index (χ1v) is 7.79. The molecule has 0 spiro atoms. The summed E-state index contributed by atoms with van der Waals surface area (Å²) in [5.41, 5.74) is 1.33. The fourth-order valence-corrected chi connectivity index (χ4v) is 2.54. The molecule has 0 aliphatic heterocycles. The van der Waals surface area contributed by atoms with E-state index in [4.69, 9.17) is 4.52 Å². The van der Waals surface area contributed by atoms with Crippen molar-refractivity contribution in [2.45, 2.75) is 6.54 Å². The molecule has 0 unspecified atom stereocenters. The van der Waals surface area contributed by atoms with Crippen LogP contribution in [0.4, 0.5) is 4.39 Å². The number of rotatable bonds is 5. The zero-order valence-corrected chi connectivity index (χ0v) is 12.8. The van der Waals surface area contributed by atoms with E-state index in [2.05, 4.69) is 10.5 Å². The van der Waals surface area contributed by atoms with E-state index in [1.54, 1.807) is 35.6 Å². The molecular weight excluding hydrogens is 315 g/mol. The van der Waals surface area contributed by atoms with Crippen molar-refractivity contribution in [2.75, 3.05) is 0 Å². The minimum atomic E-state index is -0.307. The van der Waals surface area contributed by atoms with Gasteiger partial charge in [-0.25, -0.2) is 4.39 Å². The Morgan fingerprint density at radius 1 is 1.30 bits per heavy atom. The highest BCUT2D eigenvalue weighted by Gasteiger charge is 2.07. The Kier molecular flexibility index (Phi) is 4.63. The maximum atomic E-state index is 12.9. The van der Waals surface area contributed by atoms with E-state index in [1.165, 1.54) is 18.2 Å². The van der Waals surface area contributed by atoms with Crippen LogP contribution in [0.3, 0.4) is 0 Å². The summed E-state index contributed by atoms with van der Waals surface area (Å²) in [6.07, 6.45) is 3.24. The maximum Gasteiger partial charge on any atom is 0.244 e. The van der Waals surface area contributed by atoms with Crippen molar-refractivity contribution in [2.24, 2.45) is 0 Å². The molecule has 0 aliphatic rings. The molecule has 0 saturated carbocycles. The van der Waals surface area contributed by atoms with Gasteiger partial charge in [-0.15, -0.1) is 11.3 Å². The van der Waals surface area contributed by atoms with Crippen LogP contribution in [0.25, 0.3) is 17.4 Å². The number of hydrogen-bond donors (Lipinski definition) is 1. The first-order chi connectivity index (χ1) is 11.2. The Labute approximate surface area is 136 Å². The first kappa shape index (κ1) is 15.2. The summed E-state index contributed by atoms with van der Waals surface area (Å²) in [6, 6.07) is 11.5. The maximum absolute atomic E-state index is 12.9. The molecule has 0 fully saturated rings. The highest BCUT2D eigenvalue weighted by atomic mass is 32.1. The molecule has 116 valence electrons. The van der Waals surface area contributed by atoms with Crippen LogP contribution in [0, 0.1) is 5.82 Å². The lowest BCUT2D eigenvalue weighted by atomic mass is 10.1. The third-order valence-corrected chi connectivity index (χ3v) is 3.91. The van der Waals surface area contributed by atoms with Gasteiger partial charge in [-0.2, -0.15) is 0 Å². The SMILES string of the molecule is O=C(/C=C/c1cccs1)NCc1cc(-c2ccc(F)cc2)on1. The monoisotopic (exact) mass is 328 g/mol. The number of hydrogen-bond acceptors (Lipinski definition) is 4. The lowest BCUT2D eigenvalue weighted by Crippen LogP contribution is -2.20. The number of nitrogens with zero attached hydrogens (tertiary/aromatic N) is 1. The summed E-state index contributed by atoms with van der Waals surface area (Å²) in [5.74, 6) is 0.0198. The third kappa shape index (κ3) is 4.14. The van der Waals surface area contributed by atoms with Crippen molar-refractivity contribution < 1.29 is 13.7 Å². The van der Waals surface area contributed by atoms with Crippen LogP contribution in [-0.2, 0) is 11.3 Å². The zero-order valence-electron chi connectivity index (χ0n) is 12.0. The number of benzene rings is 1. The Bertz CT molecular complexity index is 808. The van der Waals surface area contributed by atoms with E-state index >= 15 is 0 Å². The van der Waals surface area contributed by atoms with Crippen LogP contribution >= 0.6 is 11.3 Å². The van der Waals surface area contributed by atoms with Crippen LogP contribution < -0.4 is 5.32 Å². The molecule has 1 amide bonds. The number of carbonyl (C=O) groups is 1. The topological polar surface area (TPSA) is 55.1 Å². The molecule has 0 saturated heterocycles. The fraction of sp³-hybridized carbons (Fsp3) is 0.0588. The second-order valence-corrected chi connectivity index (χ2v) is 5.74. The van der Waals surface area contributed by atoms with E-state index in [9.17, 15) is 9.18 Å². The van der Waals surface area contributed by atoms with Gasteiger partial charge in [0.25, 0.3) is 0 Å². The van der Waals surface area contributed by atoms with Crippen LogP contribution in [-0.4, -0.2) is 11.1 Å². The predicted molar refractivity (Wildman–Crippen MR) is 87.1 cm³/mol. The van der Waals surface area contributed by atoms with Gasteiger partial charge in [-0.1, -0.05) is 11.2 Å². The molecule has 3 aromatic rings. The highest BCUT2D eigenvalue weighted by molar-refractivity contribution is 7.10. The Morgan fingerprint density at radius 2 is 2.13 bits per heavy atom. The van der Waals surface area contributed by atoms with Gasteiger partial charge in [-0.3, -0.25) is 4.79 Å². The molecule has 0 bridgehead atoms. The number of thiophene rings is 1. The van der Waals surface area contributed by atoms with Crippen molar-refractivity contribution in [1.82, 2.24) is 10.5 Å². The number of amides is 1. The summed E-state index contributed by atoms with van der Waals surface area (Å²) in [6.45, 7) is 0.262. The molecule has 4 nitrogen and oxygen atoms in total. The van der Waals surface area contributed by atoms with E-state index in [1.807, 2.05) is 17.5 Å². The van der Waals surface area contributed by atoms with Crippen molar-refractivity contribution >= 4 is 23.3 Å². The van der Waals surface area contributed by atoms with E-state index < -0.39 is 0 Å². The van der Waals surface area contributed by atoms with Crippen molar-refractivity contribution in [1.29, 1.82) is 0 Å². The van der Waals surface area contributed by atoms with Crippen molar-refractivity contribution in [3.63, 3.8) is 0 Å². The van der Waals surface area contributed by atoms with Crippen molar-refractivity contribution in [3.8, 4) is 11.3 Å². The lowest BCUT2D eigenvalue weighted by Gasteiger charge is -1.97. The molecule has 2 heterocycles. The summed E-state index contributed by atoms with van der Waals surface area (Å²) in [4.78, 5) is 12.7. The summed E-state index contributed by atoms with van der Waals surface area (Å²) < 4.78 is 18.1. The molecule has 1 N–H and O–H groups in total. The van der Waals surface area contributed by atoms with Crippen LogP contribution in [0.2, 0.25) is 0 Å². The van der Waals surface area contributed by atoms with Crippen LogP contribution in [0.15, 0.2) is 58.4 Å². The van der Waals surface area contributed by atoms with Gasteiger partial charge < -0.3 is 9.84 Å². The fourth-order valence-electron chi connectivity index (χ4n) is 1.93. The number of nitrogens with one attached hydrogen (secondary N) is 1. The number of carbonyl (C=O) groups excluding carboxylic acids is 1. The van der Waals surface area contributed by atoms with Gasteiger partial charge in [-0.05, 0) is 41.8 Å². The van der Waals surface area contributed by atoms with E-state index in [0.29, 0.717) is 11.5 Å². The molecule has 0 aliphatic carbocycles. The summed E-state index contributed by atoms with van der Waals surface area (Å²) in [7, 11) is 0. The second-order valence-electron chi connectivity index (χ2n) is 4.76. The van der Waals surface area contributed by atoms with Gasteiger partial charge in [0, 0.05) is 22.6 Å². The van der Waals surface area contributed by atoms with Gasteiger partial charge in [0.05, 0.1) is 6.54 Å². The lowest BCUT2D eigenvalue weighted by molar-refractivity contribution is -0.116. The molecule has 1 aromatic carbocycles. The van der Waals surface area contributed by atoms with Gasteiger partial charge in [0.15, 0.2) is 5.76 Å². The Balaban J connectivity index is 1.57.